The number of hydrogen-bond donors (Lipinski definition) is 2. The molecule has 126 valence electrons. The molecule has 0 aliphatic carbocycles. The van der Waals surface area contributed by atoms with Crippen LogP contribution in [0.2, 0.25) is 0 Å². The van der Waals surface area contributed by atoms with Crippen molar-refractivity contribution in [2.75, 3.05) is 6.54 Å². The van der Waals surface area contributed by atoms with Crippen LogP contribution < -0.4 is 4.72 Å². The van der Waals surface area contributed by atoms with Crippen molar-refractivity contribution in [1.29, 1.82) is 0 Å². The highest BCUT2D eigenvalue weighted by Gasteiger charge is 2.12. The topological polar surface area (TPSA) is 62.0 Å². The summed E-state index contributed by atoms with van der Waals surface area (Å²) in [5.41, 5.74) is 3.52. The fourth-order valence-electron chi connectivity index (χ4n) is 2.77. The number of benzene rings is 2. The van der Waals surface area contributed by atoms with Gasteiger partial charge in [-0.2, -0.15) is 0 Å². The molecule has 0 aliphatic heterocycles. The highest BCUT2D eigenvalue weighted by atomic mass is 32.2. The molecule has 0 radical (unpaired) electrons. The van der Waals surface area contributed by atoms with Gasteiger partial charge in [-0.15, -0.1) is 0 Å². The van der Waals surface area contributed by atoms with E-state index in [2.05, 4.69) is 9.71 Å². The van der Waals surface area contributed by atoms with E-state index in [1.54, 1.807) is 18.3 Å². The lowest BCUT2D eigenvalue weighted by Crippen LogP contribution is -2.27. The Kier molecular flexibility index (Phi) is 4.69. The first kappa shape index (κ1) is 16.7. The number of halogens is 1. The summed E-state index contributed by atoms with van der Waals surface area (Å²) in [6.07, 6.45) is 2.29. The van der Waals surface area contributed by atoms with Crippen molar-refractivity contribution in [2.45, 2.75) is 19.1 Å². The second-order valence-corrected chi connectivity index (χ2v) is 7.70. The van der Waals surface area contributed by atoms with E-state index >= 15 is 0 Å². The lowest BCUT2D eigenvalue weighted by atomic mass is 10.1. The minimum absolute atomic E-state index is 0.0445. The summed E-state index contributed by atoms with van der Waals surface area (Å²) in [7, 11) is -3.40. The van der Waals surface area contributed by atoms with Gasteiger partial charge in [-0.3, -0.25) is 0 Å². The number of aryl methyl sites for hydroxylation is 1. The van der Waals surface area contributed by atoms with Crippen molar-refractivity contribution in [3.8, 4) is 0 Å². The minimum Gasteiger partial charge on any atom is -0.361 e. The van der Waals surface area contributed by atoms with Gasteiger partial charge in [0.1, 0.15) is 5.82 Å². The Hall–Kier alpha value is -2.18. The van der Waals surface area contributed by atoms with E-state index in [9.17, 15) is 12.8 Å². The summed E-state index contributed by atoms with van der Waals surface area (Å²) < 4.78 is 40.3. The van der Waals surface area contributed by atoms with Gasteiger partial charge in [-0.25, -0.2) is 17.5 Å². The fourth-order valence-corrected chi connectivity index (χ4v) is 3.90. The SMILES string of the molecule is Cc1cccc(CS(=O)(=O)NCCc2c[nH]c3ccc(F)cc23)c1. The third-order valence-electron chi connectivity index (χ3n) is 3.88. The van der Waals surface area contributed by atoms with Gasteiger partial charge < -0.3 is 4.98 Å². The Morgan fingerprint density at radius 1 is 1.17 bits per heavy atom. The molecular formula is C18H19FN2O2S. The Labute approximate surface area is 140 Å². The predicted octanol–water partition coefficient (Wildman–Crippen LogP) is 3.28. The third kappa shape index (κ3) is 4.01. The molecule has 2 aromatic carbocycles. The average molecular weight is 346 g/mol. The second kappa shape index (κ2) is 6.75. The number of rotatable bonds is 6. The van der Waals surface area contributed by atoms with Crippen LogP contribution >= 0.6 is 0 Å². The molecule has 6 heteroatoms. The van der Waals surface area contributed by atoms with Crippen LogP contribution in [0.5, 0.6) is 0 Å². The summed E-state index contributed by atoms with van der Waals surface area (Å²) in [6.45, 7) is 2.21. The third-order valence-corrected chi connectivity index (χ3v) is 5.24. The van der Waals surface area contributed by atoms with E-state index in [0.717, 1.165) is 27.6 Å². The van der Waals surface area contributed by atoms with Crippen molar-refractivity contribution in [3.63, 3.8) is 0 Å². The molecule has 0 spiro atoms. The van der Waals surface area contributed by atoms with Gasteiger partial charge in [0.15, 0.2) is 0 Å². The van der Waals surface area contributed by atoms with Gasteiger partial charge in [0.05, 0.1) is 5.75 Å². The normalized spacial score (nSPS) is 11.9. The molecule has 0 amide bonds. The number of fused-ring (bicyclic) bond motifs is 1. The molecule has 3 aromatic rings. The van der Waals surface area contributed by atoms with Gasteiger partial charge in [0, 0.05) is 23.6 Å². The van der Waals surface area contributed by atoms with Crippen LogP contribution in [0.4, 0.5) is 4.39 Å². The van der Waals surface area contributed by atoms with Crippen molar-refractivity contribution < 1.29 is 12.8 Å². The smallest absolute Gasteiger partial charge is 0.215 e. The molecule has 1 heterocycles. The highest BCUT2D eigenvalue weighted by molar-refractivity contribution is 7.88. The number of nitrogens with one attached hydrogen (secondary N) is 2. The molecule has 24 heavy (non-hydrogen) atoms. The van der Waals surface area contributed by atoms with Crippen LogP contribution in [0.3, 0.4) is 0 Å². The maximum atomic E-state index is 13.4. The summed E-state index contributed by atoms with van der Waals surface area (Å²) in [4.78, 5) is 3.07. The standard InChI is InChI=1S/C18H19FN2O2S/c1-13-3-2-4-14(9-13)12-24(22,23)21-8-7-15-11-20-18-6-5-16(19)10-17(15)18/h2-6,9-11,20-21H,7-8,12H2,1H3. The zero-order chi connectivity index (χ0) is 17.2. The number of hydrogen-bond acceptors (Lipinski definition) is 2. The average Bonchev–Trinajstić information content (AvgIpc) is 2.89. The van der Waals surface area contributed by atoms with Crippen molar-refractivity contribution in [1.82, 2.24) is 9.71 Å². The van der Waals surface area contributed by atoms with Crippen LogP contribution in [0.1, 0.15) is 16.7 Å². The largest absolute Gasteiger partial charge is 0.361 e. The van der Waals surface area contributed by atoms with Gasteiger partial charge in [-0.05, 0) is 42.7 Å². The molecule has 0 fully saturated rings. The first-order chi connectivity index (χ1) is 11.4. The number of H-pyrrole nitrogens is 1. The van der Waals surface area contributed by atoms with Crippen LogP contribution in [0, 0.1) is 12.7 Å². The molecule has 0 saturated carbocycles. The Balaban J connectivity index is 1.63. The summed E-state index contributed by atoms with van der Waals surface area (Å²) in [5.74, 6) is -0.347. The summed E-state index contributed by atoms with van der Waals surface area (Å²) in [6, 6.07) is 12.0. The van der Waals surface area contributed by atoms with E-state index in [4.69, 9.17) is 0 Å². The number of aromatic amines is 1. The Morgan fingerprint density at radius 2 is 2.00 bits per heavy atom. The van der Waals surface area contributed by atoms with Crippen LogP contribution in [-0.2, 0) is 22.2 Å². The van der Waals surface area contributed by atoms with Crippen LogP contribution in [0.25, 0.3) is 10.9 Å². The van der Waals surface area contributed by atoms with Crippen molar-refractivity contribution in [2.24, 2.45) is 0 Å². The first-order valence-electron chi connectivity index (χ1n) is 7.71. The molecule has 3 rings (SSSR count). The second-order valence-electron chi connectivity index (χ2n) is 5.90. The maximum absolute atomic E-state index is 13.4. The molecule has 4 nitrogen and oxygen atoms in total. The first-order valence-corrected chi connectivity index (χ1v) is 9.36. The Morgan fingerprint density at radius 3 is 2.79 bits per heavy atom. The van der Waals surface area contributed by atoms with E-state index in [-0.39, 0.29) is 18.1 Å². The molecule has 2 N–H and O–H groups in total. The highest BCUT2D eigenvalue weighted by Crippen LogP contribution is 2.19. The van der Waals surface area contributed by atoms with Crippen LogP contribution in [-0.4, -0.2) is 19.9 Å². The number of sulfonamides is 1. The minimum atomic E-state index is -3.40. The summed E-state index contributed by atoms with van der Waals surface area (Å²) in [5, 5.41) is 0.785. The van der Waals surface area contributed by atoms with E-state index in [0.29, 0.717) is 6.42 Å². The van der Waals surface area contributed by atoms with Gasteiger partial charge in [-0.1, -0.05) is 29.8 Å². The fraction of sp³-hybridized carbons (Fsp3) is 0.222. The molecule has 0 atom stereocenters. The quantitative estimate of drug-likeness (QED) is 0.719. The van der Waals surface area contributed by atoms with Crippen molar-refractivity contribution >= 4 is 20.9 Å². The molecule has 1 aromatic heterocycles. The van der Waals surface area contributed by atoms with E-state index in [1.165, 1.54) is 12.1 Å². The maximum Gasteiger partial charge on any atom is 0.215 e. The van der Waals surface area contributed by atoms with Gasteiger partial charge in [0.25, 0.3) is 0 Å². The lowest BCUT2D eigenvalue weighted by molar-refractivity contribution is 0.581. The van der Waals surface area contributed by atoms with Crippen LogP contribution in [0.15, 0.2) is 48.7 Å². The van der Waals surface area contributed by atoms with Crippen molar-refractivity contribution in [3.05, 3.63) is 71.2 Å². The molecule has 0 saturated heterocycles. The lowest BCUT2D eigenvalue weighted by Gasteiger charge is -2.07. The Bertz CT molecular complexity index is 964. The summed E-state index contributed by atoms with van der Waals surface area (Å²) >= 11 is 0. The van der Waals surface area contributed by atoms with E-state index in [1.807, 2.05) is 25.1 Å². The zero-order valence-corrected chi connectivity index (χ0v) is 14.2. The van der Waals surface area contributed by atoms with Gasteiger partial charge >= 0.3 is 0 Å². The van der Waals surface area contributed by atoms with Gasteiger partial charge in [0.2, 0.25) is 10.0 Å². The van der Waals surface area contributed by atoms with E-state index < -0.39 is 10.0 Å². The molecule has 0 unspecified atom stereocenters. The zero-order valence-electron chi connectivity index (χ0n) is 13.3. The predicted molar refractivity (Wildman–Crippen MR) is 93.8 cm³/mol. The number of aromatic nitrogens is 1. The molecular weight excluding hydrogens is 327 g/mol. The molecule has 0 bridgehead atoms. The molecule has 0 aliphatic rings. The monoisotopic (exact) mass is 346 g/mol.